The highest BCUT2D eigenvalue weighted by Gasteiger charge is 2.44. The van der Waals surface area contributed by atoms with Crippen molar-refractivity contribution >= 4 is 17.1 Å². The van der Waals surface area contributed by atoms with Crippen molar-refractivity contribution in [3.63, 3.8) is 0 Å². The topological polar surface area (TPSA) is 108 Å². The lowest BCUT2D eigenvalue weighted by molar-refractivity contribution is -0.127. The summed E-state index contributed by atoms with van der Waals surface area (Å²) in [5.41, 5.74) is 5.94. The summed E-state index contributed by atoms with van der Waals surface area (Å²) in [6, 6.07) is 0. The highest BCUT2D eigenvalue weighted by atomic mass is 16.6. The van der Waals surface area contributed by atoms with Crippen molar-refractivity contribution in [2.45, 2.75) is 44.6 Å². The van der Waals surface area contributed by atoms with E-state index >= 15 is 0 Å². The van der Waals surface area contributed by atoms with Gasteiger partial charge in [0.2, 0.25) is 5.95 Å². The number of rotatable bonds is 1. The van der Waals surface area contributed by atoms with Crippen molar-refractivity contribution in [1.29, 1.82) is 0 Å². The summed E-state index contributed by atoms with van der Waals surface area (Å²) in [6.07, 6.45) is 3.35. The van der Waals surface area contributed by atoms with Crippen LogP contribution in [-0.4, -0.2) is 37.8 Å². The van der Waals surface area contributed by atoms with E-state index in [0.717, 1.165) is 12.8 Å². The molecule has 22 heavy (non-hydrogen) atoms. The first-order valence-corrected chi connectivity index (χ1v) is 7.45. The molecule has 4 rings (SSSR count). The minimum Gasteiger partial charge on any atom is -0.370 e. The first kappa shape index (κ1) is 13.7. The second-order valence-electron chi connectivity index (χ2n) is 6.68. The van der Waals surface area contributed by atoms with E-state index in [0.29, 0.717) is 18.2 Å². The Labute approximate surface area is 126 Å². The van der Waals surface area contributed by atoms with Gasteiger partial charge in [0.05, 0.1) is 24.6 Å². The Morgan fingerprint density at radius 1 is 1.50 bits per heavy atom. The van der Waals surface area contributed by atoms with E-state index in [-0.39, 0.29) is 35.0 Å². The smallest absolute Gasteiger partial charge is 0.280 e. The van der Waals surface area contributed by atoms with Gasteiger partial charge in [0.25, 0.3) is 5.56 Å². The Bertz CT molecular complexity index is 780. The summed E-state index contributed by atoms with van der Waals surface area (Å²) in [5, 5.41) is 0. The number of ether oxygens (including phenoxy) is 2. The minimum atomic E-state index is -0.333. The molecule has 2 aliphatic rings. The van der Waals surface area contributed by atoms with Gasteiger partial charge in [-0.1, -0.05) is 0 Å². The van der Waals surface area contributed by atoms with Gasteiger partial charge in [0.15, 0.2) is 11.2 Å². The van der Waals surface area contributed by atoms with Crippen LogP contribution in [0.2, 0.25) is 0 Å². The van der Waals surface area contributed by atoms with E-state index in [4.69, 9.17) is 15.2 Å². The number of nitrogens with two attached hydrogens (primary N) is 1. The Balaban J connectivity index is 1.68. The largest absolute Gasteiger partial charge is 0.370 e. The number of nitrogen functional groups attached to an aromatic ring is 1. The molecule has 0 aromatic carbocycles. The van der Waals surface area contributed by atoms with Gasteiger partial charge in [-0.05, 0) is 32.6 Å². The Morgan fingerprint density at radius 3 is 3.14 bits per heavy atom. The van der Waals surface area contributed by atoms with Crippen LogP contribution in [0.3, 0.4) is 0 Å². The monoisotopic (exact) mass is 305 g/mol. The van der Waals surface area contributed by atoms with E-state index in [1.165, 1.54) is 0 Å². The van der Waals surface area contributed by atoms with Crippen LogP contribution >= 0.6 is 0 Å². The first-order chi connectivity index (χ1) is 10.4. The van der Waals surface area contributed by atoms with Crippen LogP contribution < -0.4 is 11.3 Å². The molecule has 2 aromatic rings. The number of aromatic nitrogens is 4. The van der Waals surface area contributed by atoms with Crippen LogP contribution in [0, 0.1) is 5.92 Å². The summed E-state index contributed by atoms with van der Waals surface area (Å²) in [5.74, 6) is 0.517. The minimum absolute atomic E-state index is 0.0817. The lowest BCUT2D eigenvalue weighted by Crippen LogP contribution is -2.33. The Morgan fingerprint density at radius 2 is 2.32 bits per heavy atom. The molecular formula is C14H19N5O3. The lowest BCUT2D eigenvalue weighted by Gasteiger charge is -2.31. The number of anilines is 1. The third-order valence-electron chi connectivity index (χ3n) is 4.47. The van der Waals surface area contributed by atoms with Crippen molar-refractivity contribution in [2.75, 3.05) is 12.3 Å². The predicted molar refractivity (Wildman–Crippen MR) is 79.2 cm³/mol. The van der Waals surface area contributed by atoms with E-state index in [1.54, 1.807) is 10.9 Å². The molecule has 2 saturated heterocycles. The first-order valence-electron chi connectivity index (χ1n) is 7.45. The molecule has 2 aliphatic heterocycles. The SMILES string of the molecule is CC1(C)CC2CC(n3cnc4c(=O)[nH]c(N)nc43)OCC2O1. The van der Waals surface area contributed by atoms with Crippen LogP contribution in [0.5, 0.6) is 0 Å². The van der Waals surface area contributed by atoms with Crippen LogP contribution in [0.4, 0.5) is 5.95 Å². The summed E-state index contributed by atoms with van der Waals surface area (Å²) >= 11 is 0. The molecule has 118 valence electrons. The van der Waals surface area contributed by atoms with Crippen molar-refractivity contribution < 1.29 is 9.47 Å². The Hall–Kier alpha value is -1.93. The van der Waals surface area contributed by atoms with Crippen LogP contribution in [-0.2, 0) is 9.47 Å². The standard InChI is InChI=1S/C14H19N5O3/c1-14(2)4-7-3-9(21-5-8(7)22-14)19-6-16-10-11(19)17-13(15)18-12(10)20/h6-9H,3-5H2,1-2H3,(H3,15,17,18,20). The Kier molecular flexibility index (Phi) is 2.82. The summed E-state index contributed by atoms with van der Waals surface area (Å²) in [7, 11) is 0. The lowest BCUT2D eigenvalue weighted by atomic mass is 9.89. The highest BCUT2D eigenvalue weighted by molar-refractivity contribution is 5.70. The molecule has 3 N–H and O–H groups in total. The molecule has 8 heteroatoms. The molecule has 3 unspecified atom stereocenters. The molecule has 8 nitrogen and oxygen atoms in total. The van der Waals surface area contributed by atoms with E-state index in [2.05, 4.69) is 28.8 Å². The van der Waals surface area contributed by atoms with Crippen molar-refractivity contribution in [3.8, 4) is 0 Å². The summed E-state index contributed by atoms with van der Waals surface area (Å²) in [6.45, 7) is 4.75. The number of imidazole rings is 1. The number of nitrogens with one attached hydrogen (secondary N) is 1. The number of hydrogen-bond donors (Lipinski definition) is 2. The van der Waals surface area contributed by atoms with Crippen LogP contribution in [0.1, 0.15) is 32.9 Å². The van der Waals surface area contributed by atoms with E-state index in [9.17, 15) is 4.79 Å². The molecule has 4 heterocycles. The van der Waals surface area contributed by atoms with Crippen molar-refractivity contribution in [2.24, 2.45) is 5.92 Å². The summed E-state index contributed by atoms with van der Waals surface area (Å²) in [4.78, 5) is 22.6. The molecule has 0 spiro atoms. The van der Waals surface area contributed by atoms with Gasteiger partial charge in [-0.3, -0.25) is 14.3 Å². The fourth-order valence-electron chi connectivity index (χ4n) is 3.60. The van der Waals surface area contributed by atoms with Crippen LogP contribution in [0.25, 0.3) is 11.2 Å². The van der Waals surface area contributed by atoms with Gasteiger partial charge < -0.3 is 15.2 Å². The van der Waals surface area contributed by atoms with Crippen molar-refractivity contribution in [3.05, 3.63) is 16.7 Å². The molecule has 0 amide bonds. The molecule has 0 bridgehead atoms. The van der Waals surface area contributed by atoms with Gasteiger partial charge in [-0.2, -0.15) is 4.98 Å². The summed E-state index contributed by atoms with van der Waals surface area (Å²) < 4.78 is 13.7. The number of fused-ring (bicyclic) bond motifs is 2. The maximum absolute atomic E-state index is 11.9. The number of hydrogen-bond acceptors (Lipinski definition) is 6. The van der Waals surface area contributed by atoms with Gasteiger partial charge in [0, 0.05) is 0 Å². The highest BCUT2D eigenvalue weighted by Crippen LogP contribution is 2.42. The average molecular weight is 305 g/mol. The van der Waals surface area contributed by atoms with Crippen LogP contribution in [0.15, 0.2) is 11.1 Å². The molecule has 2 aromatic heterocycles. The van der Waals surface area contributed by atoms with Gasteiger partial charge in [-0.15, -0.1) is 0 Å². The molecule has 3 atom stereocenters. The third kappa shape index (κ3) is 2.10. The normalized spacial score (nSPS) is 30.5. The third-order valence-corrected chi connectivity index (χ3v) is 4.47. The van der Waals surface area contributed by atoms with Crippen molar-refractivity contribution in [1.82, 2.24) is 19.5 Å². The molecule has 0 radical (unpaired) electrons. The average Bonchev–Trinajstić information content (AvgIpc) is 2.96. The predicted octanol–water partition coefficient (Wildman–Crippen LogP) is 0.804. The van der Waals surface area contributed by atoms with Gasteiger partial charge >= 0.3 is 0 Å². The zero-order chi connectivity index (χ0) is 15.5. The second-order valence-corrected chi connectivity index (χ2v) is 6.68. The molecular weight excluding hydrogens is 286 g/mol. The second kappa shape index (κ2) is 4.53. The fourth-order valence-corrected chi connectivity index (χ4v) is 3.60. The zero-order valence-corrected chi connectivity index (χ0v) is 12.6. The fraction of sp³-hybridized carbons (Fsp3) is 0.643. The maximum Gasteiger partial charge on any atom is 0.280 e. The zero-order valence-electron chi connectivity index (χ0n) is 12.6. The molecule has 2 fully saturated rings. The molecule has 0 aliphatic carbocycles. The molecule has 0 saturated carbocycles. The number of H-pyrrole nitrogens is 1. The number of nitrogens with zero attached hydrogens (tertiary/aromatic N) is 3. The number of aromatic amines is 1. The maximum atomic E-state index is 11.9. The van der Waals surface area contributed by atoms with E-state index in [1.807, 2.05) is 0 Å². The van der Waals surface area contributed by atoms with Gasteiger partial charge in [0.1, 0.15) is 6.23 Å². The van der Waals surface area contributed by atoms with Gasteiger partial charge in [-0.25, -0.2) is 4.98 Å². The quantitative estimate of drug-likeness (QED) is 0.807. The van der Waals surface area contributed by atoms with E-state index < -0.39 is 0 Å².